The highest BCUT2D eigenvalue weighted by atomic mass is 32.2. The third-order valence-corrected chi connectivity index (χ3v) is 4.83. The highest BCUT2D eigenvalue weighted by Crippen LogP contribution is 2.36. The first-order chi connectivity index (χ1) is 12.7. The van der Waals surface area contributed by atoms with E-state index in [4.69, 9.17) is 4.42 Å². The van der Waals surface area contributed by atoms with Gasteiger partial charge in [-0.25, -0.2) is 4.98 Å². The summed E-state index contributed by atoms with van der Waals surface area (Å²) >= 11 is 1.34. The minimum atomic E-state index is -0.271. The summed E-state index contributed by atoms with van der Waals surface area (Å²) < 4.78 is 6.05. The largest absolute Gasteiger partial charge is 0.431 e. The number of oxazole rings is 1. The smallest absolute Gasteiger partial charge is 0.257 e. The van der Waals surface area contributed by atoms with Crippen LogP contribution >= 0.6 is 11.8 Å². The molecule has 1 unspecified atom stereocenters. The standard InChI is InChI=1S/C21H22N2O2S/c1-3-14-22-20(24)15(2)26-21-23-18(16-10-6-4-7-11-16)19(25-21)17-12-8-5-9-13-17/h4-13,15H,3,14H2,1-2H3,(H,22,24). The summed E-state index contributed by atoms with van der Waals surface area (Å²) in [6.45, 7) is 4.58. The van der Waals surface area contributed by atoms with Gasteiger partial charge in [-0.05, 0) is 13.3 Å². The molecule has 134 valence electrons. The Balaban J connectivity index is 1.91. The molecule has 5 heteroatoms. The Hall–Kier alpha value is -2.53. The molecule has 1 atom stereocenters. The second-order valence-corrected chi connectivity index (χ2v) is 7.23. The summed E-state index contributed by atoms with van der Waals surface area (Å²) in [4.78, 5) is 16.8. The van der Waals surface area contributed by atoms with Gasteiger partial charge >= 0.3 is 0 Å². The molecule has 26 heavy (non-hydrogen) atoms. The highest BCUT2D eigenvalue weighted by molar-refractivity contribution is 8.00. The van der Waals surface area contributed by atoms with Gasteiger partial charge in [0.2, 0.25) is 5.91 Å². The van der Waals surface area contributed by atoms with Crippen molar-refractivity contribution in [3.63, 3.8) is 0 Å². The average molecular weight is 366 g/mol. The third-order valence-electron chi connectivity index (χ3n) is 3.89. The second kappa shape index (κ2) is 8.72. The quantitative estimate of drug-likeness (QED) is 0.597. The maximum Gasteiger partial charge on any atom is 0.257 e. The van der Waals surface area contributed by atoms with E-state index in [0.29, 0.717) is 11.8 Å². The highest BCUT2D eigenvalue weighted by Gasteiger charge is 2.21. The first-order valence-corrected chi connectivity index (χ1v) is 9.63. The van der Waals surface area contributed by atoms with Gasteiger partial charge in [-0.3, -0.25) is 4.79 Å². The lowest BCUT2D eigenvalue weighted by Gasteiger charge is -2.08. The van der Waals surface area contributed by atoms with E-state index in [1.165, 1.54) is 11.8 Å². The van der Waals surface area contributed by atoms with Gasteiger partial charge in [-0.1, -0.05) is 79.3 Å². The lowest BCUT2D eigenvalue weighted by Crippen LogP contribution is -2.31. The zero-order valence-electron chi connectivity index (χ0n) is 14.9. The summed E-state index contributed by atoms with van der Waals surface area (Å²) in [7, 11) is 0. The molecular formula is C21H22N2O2S. The maximum atomic E-state index is 12.1. The monoisotopic (exact) mass is 366 g/mol. The van der Waals surface area contributed by atoms with Crippen LogP contribution in [0.3, 0.4) is 0 Å². The van der Waals surface area contributed by atoms with Gasteiger partial charge in [0.1, 0.15) is 5.69 Å². The number of carbonyl (C=O) groups excluding carboxylic acids is 1. The summed E-state index contributed by atoms with van der Waals surface area (Å²) in [5.41, 5.74) is 2.75. The number of thioether (sulfide) groups is 1. The molecule has 0 bridgehead atoms. The number of aromatic nitrogens is 1. The van der Waals surface area contributed by atoms with Gasteiger partial charge in [0, 0.05) is 17.7 Å². The van der Waals surface area contributed by atoms with Crippen molar-refractivity contribution in [2.24, 2.45) is 0 Å². The Kier molecular flexibility index (Phi) is 6.12. The van der Waals surface area contributed by atoms with Gasteiger partial charge < -0.3 is 9.73 Å². The van der Waals surface area contributed by atoms with Crippen molar-refractivity contribution in [2.45, 2.75) is 30.7 Å². The van der Waals surface area contributed by atoms with E-state index in [1.807, 2.05) is 74.5 Å². The van der Waals surface area contributed by atoms with Crippen molar-refractivity contribution >= 4 is 17.7 Å². The molecule has 1 amide bonds. The molecule has 0 aliphatic rings. The van der Waals surface area contributed by atoms with Crippen molar-refractivity contribution in [3.05, 3.63) is 60.7 Å². The fourth-order valence-corrected chi connectivity index (χ4v) is 3.29. The second-order valence-electron chi connectivity index (χ2n) is 5.94. The normalized spacial score (nSPS) is 11.9. The number of nitrogens with zero attached hydrogens (tertiary/aromatic N) is 1. The van der Waals surface area contributed by atoms with Gasteiger partial charge in [-0.15, -0.1) is 0 Å². The SMILES string of the molecule is CCCNC(=O)C(C)Sc1nc(-c2ccccc2)c(-c2ccccc2)o1. The van der Waals surface area contributed by atoms with E-state index in [2.05, 4.69) is 10.3 Å². The minimum absolute atomic E-state index is 0.00225. The molecule has 0 saturated carbocycles. The number of benzene rings is 2. The van der Waals surface area contributed by atoms with E-state index in [1.54, 1.807) is 0 Å². The molecule has 2 aromatic carbocycles. The van der Waals surface area contributed by atoms with Crippen molar-refractivity contribution in [2.75, 3.05) is 6.54 Å². The fraction of sp³-hybridized carbons (Fsp3) is 0.238. The summed E-state index contributed by atoms with van der Waals surface area (Å²) in [5.74, 6) is 0.720. The average Bonchev–Trinajstić information content (AvgIpc) is 3.11. The van der Waals surface area contributed by atoms with E-state index in [0.717, 1.165) is 29.0 Å². The van der Waals surface area contributed by atoms with Crippen molar-refractivity contribution < 1.29 is 9.21 Å². The Morgan fingerprint density at radius 2 is 1.69 bits per heavy atom. The molecule has 1 heterocycles. The summed E-state index contributed by atoms with van der Waals surface area (Å²) in [5, 5.41) is 3.14. The van der Waals surface area contributed by atoms with Crippen LogP contribution in [0.15, 0.2) is 70.3 Å². The first-order valence-electron chi connectivity index (χ1n) is 8.75. The van der Waals surface area contributed by atoms with Gasteiger partial charge in [-0.2, -0.15) is 0 Å². The van der Waals surface area contributed by atoms with Crippen LogP contribution < -0.4 is 5.32 Å². The molecule has 3 aromatic rings. The molecule has 0 radical (unpaired) electrons. The molecule has 0 saturated heterocycles. The number of rotatable bonds is 7. The van der Waals surface area contributed by atoms with E-state index >= 15 is 0 Å². The molecular weight excluding hydrogens is 344 g/mol. The van der Waals surface area contributed by atoms with Crippen LogP contribution in [0.25, 0.3) is 22.6 Å². The van der Waals surface area contributed by atoms with Crippen LogP contribution in [-0.4, -0.2) is 22.7 Å². The molecule has 1 N–H and O–H groups in total. The first kappa shape index (κ1) is 18.3. The fourth-order valence-electron chi connectivity index (χ4n) is 2.52. The predicted octanol–water partition coefficient (Wildman–Crippen LogP) is 5.02. The van der Waals surface area contributed by atoms with E-state index in [9.17, 15) is 4.79 Å². The number of nitrogens with one attached hydrogen (secondary N) is 1. The lowest BCUT2D eigenvalue weighted by molar-refractivity contribution is -0.120. The number of hydrogen-bond donors (Lipinski definition) is 1. The van der Waals surface area contributed by atoms with E-state index in [-0.39, 0.29) is 11.2 Å². The maximum absolute atomic E-state index is 12.1. The minimum Gasteiger partial charge on any atom is -0.431 e. The van der Waals surface area contributed by atoms with Gasteiger partial charge in [0.25, 0.3) is 5.22 Å². The van der Waals surface area contributed by atoms with Gasteiger partial charge in [0.15, 0.2) is 5.76 Å². The topological polar surface area (TPSA) is 55.1 Å². The Morgan fingerprint density at radius 1 is 1.08 bits per heavy atom. The summed E-state index contributed by atoms with van der Waals surface area (Å²) in [6, 6.07) is 19.9. The molecule has 3 rings (SSSR count). The molecule has 0 aliphatic carbocycles. The predicted molar refractivity (Wildman–Crippen MR) is 106 cm³/mol. The van der Waals surface area contributed by atoms with Crippen molar-refractivity contribution in [3.8, 4) is 22.6 Å². The molecule has 0 aliphatic heterocycles. The number of amides is 1. The summed E-state index contributed by atoms with van der Waals surface area (Å²) in [6.07, 6.45) is 0.915. The Labute approximate surface area is 158 Å². The van der Waals surface area contributed by atoms with Crippen LogP contribution in [0, 0.1) is 0 Å². The third kappa shape index (κ3) is 4.35. The number of carbonyl (C=O) groups is 1. The molecule has 4 nitrogen and oxygen atoms in total. The Bertz CT molecular complexity index is 790. The Morgan fingerprint density at radius 3 is 2.31 bits per heavy atom. The van der Waals surface area contributed by atoms with Crippen LogP contribution in [0.2, 0.25) is 0 Å². The van der Waals surface area contributed by atoms with Crippen LogP contribution in [0.1, 0.15) is 20.3 Å². The molecule has 1 aromatic heterocycles. The number of hydrogen-bond acceptors (Lipinski definition) is 4. The zero-order valence-corrected chi connectivity index (χ0v) is 15.8. The zero-order chi connectivity index (χ0) is 18.4. The van der Waals surface area contributed by atoms with Crippen LogP contribution in [-0.2, 0) is 4.79 Å². The van der Waals surface area contributed by atoms with Crippen LogP contribution in [0.4, 0.5) is 0 Å². The lowest BCUT2D eigenvalue weighted by atomic mass is 10.1. The molecule has 0 fully saturated rings. The van der Waals surface area contributed by atoms with Gasteiger partial charge in [0.05, 0.1) is 5.25 Å². The van der Waals surface area contributed by atoms with Crippen LogP contribution in [0.5, 0.6) is 0 Å². The van der Waals surface area contributed by atoms with E-state index < -0.39 is 0 Å². The molecule has 0 spiro atoms. The van der Waals surface area contributed by atoms with Crippen molar-refractivity contribution in [1.82, 2.24) is 10.3 Å². The van der Waals surface area contributed by atoms with Crippen molar-refractivity contribution in [1.29, 1.82) is 0 Å².